The molecule has 4 heteroatoms. The van der Waals surface area contributed by atoms with Crippen molar-refractivity contribution in [3.05, 3.63) is 35.4 Å². The first-order valence-electron chi connectivity index (χ1n) is 6.74. The zero-order valence-corrected chi connectivity index (χ0v) is 11.5. The fourth-order valence-corrected chi connectivity index (χ4v) is 2.37. The molecule has 0 aliphatic carbocycles. The maximum absolute atomic E-state index is 10.9. The molecule has 1 unspecified atom stereocenters. The summed E-state index contributed by atoms with van der Waals surface area (Å²) in [4.78, 5) is 13.3. The average molecular weight is 263 g/mol. The second kappa shape index (κ2) is 6.17. The molecule has 104 valence electrons. The van der Waals surface area contributed by atoms with Gasteiger partial charge in [-0.2, -0.15) is 0 Å². The van der Waals surface area contributed by atoms with Crippen LogP contribution in [0.15, 0.2) is 24.3 Å². The molecule has 2 rings (SSSR count). The van der Waals surface area contributed by atoms with Crippen molar-refractivity contribution in [3.63, 3.8) is 0 Å². The van der Waals surface area contributed by atoms with E-state index in [1.54, 1.807) is 18.2 Å². The van der Waals surface area contributed by atoms with Gasteiger partial charge in [0.05, 0.1) is 18.3 Å². The summed E-state index contributed by atoms with van der Waals surface area (Å²) in [6.07, 6.45) is 1.31. The lowest BCUT2D eigenvalue weighted by molar-refractivity contribution is 0.0443. The third-order valence-corrected chi connectivity index (χ3v) is 3.57. The van der Waals surface area contributed by atoms with E-state index in [1.807, 2.05) is 6.07 Å². The summed E-state index contributed by atoms with van der Waals surface area (Å²) in [5.41, 5.74) is 1.24. The second-order valence-electron chi connectivity index (χ2n) is 5.32. The Morgan fingerprint density at radius 3 is 2.95 bits per heavy atom. The molecule has 19 heavy (non-hydrogen) atoms. The van der Waals surface area contributed by atoms with Crippen LogP contribution >= 0.6 is 0 Å². The van der Waals surface area contributed by atoms with Crippen molar-refractivity contribution in [2.45, 2.75) is 39.0 Å². The summed E-state index contributed by atoms with van der Waals surface area (Å²) < 4.78 is 5.87. The number of likely N-dealkylation sites (tertiary alicyclic amines) is 1. The maximum Gasteiger partial charge on any atom is 0.335 e. The van der Waals surface area contributed by atoms with E-state index < -0.39 is 5.97 Å². The topological polar surface area (TPSA) is 49.8 Å². The lowest BCUT2D eigenvalue weighted by Gasteiger charge is -2.20. The van der Waals surface area contributed by atoms with E-state index in [4.69, 9.17) is 9.84 Å². The van der Waals surface area contributed by atoms with Gasteiger partial charge in [0, 0.05) is 19.1 Å². The van der Waals surface area contributed by atoms with Crippen LogP contribution in [0.4, 0.5) is 0 Å². The van der Waals surface area contributed by atoms with Crippen LogP contribution < -0.4 is 0 Å². The van der Waals surface area contributed by atoms with Gasteiger partial charge >= 0.3 is 5.97 Å². The molecule has 0 aromatic heterocycles. The van der Waals surface area contributed by atoms with Crippen LogP contribution in [0.1, 0.15) is 36.2 Å². The molecular weight excluding hydrogens is 242 g/mol. The summed E-state index contributed by atoms with van der Waals surface area (Å²) in [5.74, 6) is -0.895. The van der Waals surface area contributed by atoms with E-state index in [9.17, 15) is 4.79 Å². The minimum Gasteiger partial charge on any atom is -0.478 e. The number of nitrogens with zero attached hydrogens (tertiary/aromatic N) is 1. The van der Waals surface area contributed by atoms with Gasteiger partial charge in [-0.25, -0.2) is 4.79 Å². The number of carboxylic acids is 1. The summed E-state index contributed by atoms with van der Waals surface area (Å²) >= 11 is 0. The number of aromatic carboxylic acids is 1. The van der Waals surface area contributed by atoms with Crippen molar-refractivity contribution in [1.29, 1.82) is 0 Å². The van der Waals surface area contributed by atoms with Crippen LogP contribution in [-0.2, 0) is 11.3 Å². The van der Waals surface area contributed by atoms with Gasteiger partial charge in [0.2, 0.25) is 0 Å². The summed E-state index contributed by atoms with van der Waals surface area (Å²) in [7, 11) is 0. The zero-order chi connectivity index (χ0) is 13.8. The predicted octanol–water partition coefficient (Wildman–Crippen LogP) is 2.38. The monoisotopic (exact) mass is 263 g/mol. The van der Waals surface area contributed by atoms with Crippen LogP contribution in [0.25, 0.3) is 0 Å². The quantitative estimate of drug-likeness (QED) is 0.886. The van der Waals surface area contributed by atoms with E-state index in [-0.39, 0.29) is 6.10 Å². The SMILES string of the molecule is CC(C)N1CCC(OCc2cccc(C(=O)O)c2)C1. The highest BCUT2D eigenvalue weighted by atomic mass is 16.5. The van der Waals surface area contributed by atoms with Gasteiger partial charge in [-0.05, 0) is 38.0 Å². The van der Waals surface area contributed by atoms with Gasteiger partial charge in [-0.3, -0.25) is 4.90 Å². The first-order valence-corrected chi connectivity index (χ1v) is 6.74. The van der Waals surface area contributed by atoms with E-state index in [2.05, 4.69) is 18.7 Å². The lowest BCUT2D eigenvalue weighted by atomic mass is 10.1. The fraction of sp³-hybridized carbons (Fsp3) is 0.533. The average Bonchev–Trinajstić information content (AvgIpc) is 2.85. The van der Waals surface area contributed by atoms with Crippen molar-refractivity contribution in [2.75, 3.05) is 13.1 Å². The lowest BCUT2D eigenvalue weighted by Crippen LogP contribution is -2.29. The first kappa shape index (κ1) is 14.0. The Hall–Kier alpha value is -1.39. The van der Waals surface area contributed by atoms with E-state index in [1.165, 1.54) is 0 Å². The van der Waals surface area contributed by atoms with Crippen molar-refractivity contribution in [3.8, 4) is 0 Å². The molecule has 1 aromatic rings. The number of carboxylic acid groups (broad SMARTS) is 1. The standard InChI is InChI=1S/C15H21NO3/c1-11(2)16-7-6-14(9-16)19-10-12-4-3-5-13(8-12)15(17)18/h3-5,8,11,14H,6-7,9-10H2,1-2H3,(H,17,18). The molecule has 1 N–H and O–H groups in total. The van der Waals surface area contributed by atoms with Crippen LogP contribution in [0.2, 0.25) is 0 Å². The number of hydrogen-bond donors (Lipinski definition) is 1. The summed E-state index contributed by atoms with van der Waals surface area (Å²) in [5, 5.41) is 8.94. The Morgan fingerprint density at radius 1 is 1.53 bits per heavy atom. The Labute approximate surface area is 114 Å². The Balaban J connectivity index is 1.86. The Kier molecular flexibility index (Phi) is 4.56. The molecule has 1 atom stereocenters. The zero-order valence-electron chi connectivity index (χ0n) is 11.5. The van der Waals surface area contributed by atoms with Gasteiger partial charge in [0.15, 0.2) is 0 Å². The molecule has 1 fully saturated rings. The van der Waals surface area contributed by atoms with Crippen molar-refractivity contribution < 1.29 is 14.6 Å². The van der Waals surface area contributed by atoms with Gasteiger partial charge in [-0.15, -0.1) is 0 Å². The Morgan fingerprint density at radius 2 is 2.32 bits per heavy atom. The minimum atomic E-state index is -0.895. The molecule has 0 amide bonds. The number of rotatable bonds is 5. The van der Waals surface area contributed by atoms with E-state index in [0.29, 0.717) is 18.2 Å². The molecular formula is C15H21NO3. The third-order valence-electron chi connectivity index (χ3n) is 3.57. The molecule has 0 radical (unpaired) electrons. The summed E-state index contributed by atoms with van der Waals surface area (Å²) in [6.45, 7) is 6.92. The van der Waals surface area contributed by atoms with Gasteiger partial charge < -0.3 is 9.84 Å². The van der Waals surface area contributed by atoms with E-state index >= 15 is 0 Å². The molecule has 0 bridgehead atoms. The van der Waals surface area contributed by atoms with Crippen molar-refractivity contribution >= 4 is 5.97 Å². The number of carbonyl (C=O) groups is 1. The molecule has 1 aliphatic rings. The van der Waals surface area contributed by atoms with Crippen molar-refractivity contribution in [2.24, 2.45) is 0 Å². The number of benzene rings is 1. The molecule has 0 spiro atoms. The third kappa shape index (κ3) is 3.78. The minimum absolute atomic E-state index is 0.260. The molecule has 4 nitrogen and oxygen atoms in total. The van der Waals surface area contributed by atoms with Crippen LogP contribution in [0.5, 0.6) is 0 Å². The predicted molar refractivity (Wildman–Crippen MR) is 73.3 cm³/mol. The van der Waals surface area contributed by atoms with Crippen LogP contribution in [-0.4, -0.2) is 41.2 Å². The Bertz CT molecular complexity index is 445. The normalized spacial score (nSPS) is 20.1. The highest BCUT2D eigenvalue weighted by Gasteiger charge is 2.24. The highest BCUT2D eigenvalue weighted by molar-refractivity contribution is 5.87. The van der Waals surface area contributed by atoms with Gasteiger partial charge in [0.25, 0.3) is 0 Å². The first-order chi connectivity index (χ1) is 9.06. The van der Waals surface area contributed by atoms with Gasteiger partial charge in [0.1, 0.15) is 0 Å². The summed E-state index contributed by atoms with van der Waals surface area (Å²) in [6, 6.07) is 7.50. The highest BCUT2D eigenvalue weighted by Crippen LogP contribution is 2.17. The molecule has 1 heterocycles. The van der Waals surface area contributed by atoms with Crippen LogP contribution in [0.3, 0.4) is 0 Å². The van der Waals surface area contributed by atoms with E-state index in [0.717, 1.165) is 25.1 Å². The second-order valence-corrected chi connectivity index (χ2v) is 5.32. The largest absolute Gasteiger partial charge is 0.478 e. The molecule has 1 aromatic carbocycles. The van der Waals surface area contributed by atoms with Crippen LogP contribution in [0, 0.1) is 0 Å². The number of ether oxygens (including phenoxy) is 1. The molecule has 1 saturated heterocycles. The van der Waals surface area contributed by atoms with Gasteiger partial charge in [-0.1, -0.05) is 12.1 Å². The van der Waals surface area contributed by atoms with Crippen molar-refractivity contribution in [1.82, 2.24) is 4.90 Å². The number of hydrogen-bond acceptors (Lipinski definition) is 3. The molecule has 1 aliphatic heterocycles. The maximum atomic E-state index is 10.9. The molecule has 0 saturated carbocycles. The smallest absolute Gasteiger partial charge is 0.335 e. The fourth-order valence-electron chi connectivity index (χ4n) is 2.37.